The predicted molar refractivity (Wildman–Crippen MR) is 106 cm³/mol. The molecule has 0 aliphatic carbocycles. The lowest BCUT2D eigenvalue weighted by Crippen LogP contribution is -2.47. The Bertz CT molecular complexity index is 781. The molecular formula is C22H26F2N2O3. The predicted octanol–water partition coefficient (Wildman–Crippen LogP) is 3.88. The first-order valence-electron chi connectivity index (χ1n) is 9.72. The average Bonchev–Trinajstić information content (AvgIpc) is 2.76. The molecule has 156 valence electrons. The van der Waals surface area contributed by atoms with Gasteiger partial charge in [-0.15, -0.1) is 0 Å². The lowest BCUT2D eigenvalue weighted by atomic mass is 9.74. The number of benzene rings is 2. The van der Waals surface area contributed by atoms with Gasteiger partial charge in [-0.25, -0.2) is 13.6 Å². The zero-order valence-corrected chi connectivity index (χ0v) is 16.2. The number of rotatable bonds is 8. The fraction of sp³-hybridized carbons (Fsp3) is 0.409. The highest BCUT2D eigenvalue weighted by molar-refractivity contribution is 5.74. The molecule has 5 nitrogen and oxygen atoms in total. The molecular weight excluding hydrogens is 378 g/mol. The molecule has 0 saturated carbocycles. The van der Waals surface area contributed by atoms with Gasteiger partial charge in [-0.1, -0.05) is 42.5 Å². The number of halogens is 2. The van der Waals surface area contributed by atoms with Gasteiger partial charge < -0.3 is 20.1 Å². The first-order chi connectivity index (χ1) is 14.1. The van der Waals surface area contributed by atoms with Crippen LogP contribution >= 0.6 is 0 Å². The topological polar surface area (TPSA) is 59.6 Å². The van der Waals surface area contributed by atoms with E-state index < -0.39 is 13.0 Å². The van der Waals surface area contributed by atoms with Gasteiger partial charge in [0.25, 0.3) is 6.43 Å². The zero-order valence-electron chi connectivity index (χ0n) is 16.2. The van der Waals surface area contributed by atoms with Gasteiger partial charge in [0.2, 0.25) is 0 Å². The number of carbonyl (C=O) groups excluding carboxylic acids is 1. The molecule has 0 atom stereocenters. The van der Waals surface area contributed by atoms with Crippen LogP contribution in [-0.2, 0) is 16.7 Å². The van der Waals surface area contributed by atoms with E-state index in [1.54, 1.807) is 24.3 Å². The normalized spacial score (nSPS) is 15.7. The largest absolute Gasteiger partial charge is 0.488 e. The molecule has 0 spiro atoms. The highest BCUT2D eigenvalue weighted by Gasteiger charge is 2.34. The van der Waals surface area contributed by atoms with Crippen LogP contribution in [0.4, 0.5) is 13.6 Å². The summed E-state index contributed by atoms with van der Waals surface area (Å²) in [6.45, 7) is 1.48. The van der Waals surface area contributed by atoms with Crippen molar-refractivity contribution in [2.75, 3.05) is 26.4 Å². The minimum atomic E-state index is -2.52. The van der Waals surface area contributed by atoms with Gasteiger partial charge in [0.1, 0.15) is 12.4 Å². The molecule has 1 aliphatic rings. The van der Waals surface area contributed by atoms with Crippen molar-refractivity contribution < 1.29 is 23.0 Å². The molecule has 1 aliphatic heterocycles. The van der Waals surface area contributed by atoms with Crippen LogP contribution in [0.25, 0.3) is 0 Å². The summed E-state index contributed by atoms with van der Waals surface area (Å²) in [5, 5.41) is 5.79. The lowest BCUT2D eigenvalue weighted by molar-refractivity contribution is 0.0507. The minimum absolute atomic E-state index is 0.139. The fourth-order valence-electron chi connectivity index (χ4n) is 3.52. The van der Waals surface area contributed by atoms with E-state index in [0.717, 1.165) is 18.4 Å². The second-order valence-electron chi connectivity index (χ2n) is 7.14. The summed E-state index contributed by atoms with van der Waals surface area (Å²) in [5.41, 5.74) is 1.84. The summed E-state index contributed by atoms with van der Waals surface area (Å²) < 4.78 is 35.1. The monoisotopic (exact) mass is 404 g/mol. The smallest absolute Gasteiger partial charge is 0.315 e. The summed E-state index contributed by atoms with van der Waals surface area (Å²) in [6.07, 6.45) is -0.827. The van der Waals surface area contributed by atoms with Gasteiger partial charge in [0.05, 0.1) is 0 Å². The molecule has 2 aromatic carbocycles. The maximum absolute atomic E-state index is 12.3. The van der Waals surface area contributed by atoms with E-state index in [-0.39, 0.29) is 18.0 Å². The molecule has 0 bridgehead atoms. The molecule has 29 heavy (non-hydrogen) atoms. The maximum atomic E-state index is 12.3. The second-order valence-corrected chi connectivity index (χ2v) is 7.14. The maximum Gasteiger partial charge on any atom is 0.315 e. The number of nitrogens with one attached hydrogen (secondary N) is 2. The molecule has 0 unspecified atom stereocenters. The van der Waals surface area contributed by atoms with Crippen molar-refractivity contribution in [2.45, 2.75) is 31.2 Å². The van der Waals surface area contributed by atoms with Crippen molar-refractivity contribution in [1.82, 2.24) is 10.6 Å². The zero-order chi connectivity index (χ0) is 20.5. The van der Waals surface area contributed by atoms with E-state index in [1.807, 2.05) is 18.2 Å². The second kappa shape index (κ2) is 10.2. The van der Waals surface area contributed by atoms with Crippen LogP contribution in [0.3, 0.4) is 0 Å². The lowest BCUT2D eigenvalue weighted by Gasteiger charge is -2.38. The SMILES string of the molecule is O=C(NCc1cccc(OCC(F)F)c1)NCC1(c2ccccc2)CCOCC1. The third-order valence-corrected chi connectivity index (χ3v) is 5.15. The van der Waals surface area contributed by atoms with Gasteiger partial charge in [0.15, 0.2) is 0 Å². The average molecular weight is 404 g/mol. The van der Waals surface area contributed by atoms with Crippen molar-refractivity contribution in [1.29, 1.82) is 0 Å². The molecule has 2 N–H and O–H groups in total. The van der Waals surface area contributed by atoms with Crippen LogP contribution in [-0.4, -0.2) is 38.8 Å². The van der Waals surface area contributed by atoms with Crippen LogP contribution in [0.5, 0.6) is 5.75 Å². The van der Waals surface area contributed by atoms with Crippen molar-refractivity contribution in [3.63, 3.8) is 0 Å². The molecule has 1 heterocycles. The van der Waals surface area contributed by atoms with E-state index in [4.69, 9.17) is 9.47 Å². The molecule has 2 aromatic rings. The van der Waals surface area contributed by atoms with Gasteiger partial charge in [-0.2, -0.15) is 0 Å². The Labute approximate surface area is 169 Å². The Kier molecular flexibility index (Phi) is 7.41. The van der Waals surface area contributed by atoms with Gasteiger partial charge >= 0.3 is 6.03 Å². The first kappa shape index (κ1) is 21.0. The fourth-order valence-corrected chi connectivity index (χ4v) is 3.52. The molecule has 1 saturated heterocycles. The summed E-state index contributed by atoms with van der Waals surface area (Å²) in [6, 6.07) is 16.7. The van der Waals surface area contributed by atoms with Crippen LogP contribution in [0, 0.1) is 0 Å². The van der Waals surface area contributed by atoms with Crippen molar-refractivity contribution in [2.24, 2.45) is 0 Å². The minimum Gasteiger partial charge on any atom is -0.488 e. The number of alkyl halides is 2. The quantitative estimate of drug-likeness (QED) is 0.702. The summed E-state index contributed by atoms with van der Waals surface area (Å²) in [5.74, 6) is 0.357. The van der Waals surface area contributed by atoms with E-state index >= 15 is 0 Å². The van der Waals surface area contributed by atoms with E-state index in [9.17, 15) is 13.6 Å². The van der Waals surface area contributed by atoms with E-state index in [2.05, 4.69) is 22.8 Å². The summed E-state index contributed by atoms with van der Waals surface area (Å²) in [4.78, 5) is 12.3. The molecule has 0 aromatic heterocycles. The Morgan fingerprint density at radius 1 is 1.07 bits per heavy atom. The summed E-state index contributed by atoms with van der Waals surface area (Å²) in [7, 11) is 0. The number of amides is 2. The van der Waals surface area contributed by atoms with E-state index in [0.29, 0.717) is 25.5 Å². The van der Waals surface area contributed by atoms with Crippen molar-refractivity contribution in [3.05, 3.63) is 65.7 Å². The number of urea groups is 1. The molecule has 2 amide bonds. The first-order valence-corrected chi connectivity index (χ1v) is 9.72. The number of carbonyl (C=O) groups is 1. The third kappa shape index (κ3) is 6.15. The van der Waals surface area contributed by atoms with Gasteiger partial charge in [0, 0.05) is 31.7 Å². The third-order valence-electron chi connectivity index (χ3n) is 5.15. The van der Waals surface area contributed by atoms with E-state index in [1.165, 1.54) is 5.56 Å². The standard InChI is InChI=1S/C22H26F2N2O3/c23-20(24)15-29-19-8-4-5-17(13-19)14-25-21(27)26-16-22(9-11-28-12-10-22)18-6-2-1-3-7-18/h1-8,13,20H,9-12,14-16H2,(H2,25,26,27). The number of hydrogen-bond acceptors (Lipinski definition) is 3. The van der Waals surface area contributed by atoms with Gasteiger partial charge in [-0.05, 0) is 36.1 Å². The Hall–Kier alpha value is -2.67. The number of hydrogen-bond donors (Lipinski definition) is 2. The molecule has 3 rings (SSSR count). The highest BCUT2D eigenvalue weighted by Crippen LogP contribution is 2.34. The van der Waals surface area contributed by atoms with Crippen molar-refractivity contribution in [3.8, 4) is 5.75 Å². The number of ether oxygens (including phenoxy) is 2. The van der Waals surface area contributed by atoms with Crippen LogP contribution in [0.1, 0.15) is 24.0 Å². The molecule has 0 radical (unpaired) electrons. The Balaban J connectivity index is 1.53. The van der Waals surface area contributed by atoms with Crippen LogP contribution < -0.4 is 15.4 Å². The van der Waals surface area contributed by atoms with Crippen molar-refractivity contribution >= 4 is 6.03 Å². The Morgan fingerprint density at radius 3 is 2.55 bits per heavy atom. The Morgan fingerprint density at radius 2 is 1.83 bits per heavy atom. The molecule has 1 fully saturated rings. The van der Waals surface area contributed by atoms with Crippen LogP contribution in [0.15, 0.2) is 54.6 Å². The van der Waals surface area contributed by atoms with Crippen LogP contribution in [0.2, 0.25) is 0 Å². The highest BCUT2D eigenvalue weighted by atomic mass is 19.3. The molecule has 7 heteroatoms. The summed E-state index contributed by atoms with van der Waals surface area (Å²) >= 11 is 0. The van der Waals surface area contributed by atoms with Gasteiger partial charge in [-0.3, -0.25) is 0 Å².